The molecule has 1 saturated heterocycles. The minimum Gasteiger partial charge on any atom is -0.497 e. The molecule has 0 N–H and O–H groups in total. The first kappa shape index (κ1) is 21.8. The van der Waals surface area contributed by atoms with Crippen LogP contribution in [0.4, 0.5) is 0 Å². The Hall–Kier alpha value is -2.37. The lowest BCUT2D eigenvalue weighted by Crippen LogP contribution is -2.38. The maximum atomic E-state index is 5.25. The minimum absolute atomic E-state index is 0.779. The summed E-state index contributed by atoms with van der Waals surface area (Å²) in [6.45, 7) is 8.81. The Labute approximate surface area is 186 Å². The summed E-state index contributed by atoms with van der Waals surface area (Å²) < 4.78 is 7.61. The van der Waals surface area contributed by atoms with Crippen LogP contribution in [0.25, 0.3) is 11.0 Å². The number of imidazole rings is 1. The molecule has 31 heavy (non-hydrogen) atoms. The summed E-state index contributed by atoms with van der Waals surface area (Å²) in [7, 11) is 3.96. The first-order valence-electron chi connectivity index (χ1n) is 11.6. The van der Waals surface area contributed by atoms with E-state index in [1.54, 1.807) is 7.11 Å². The number of fused-ring (bicyclic) bond motifs is 1. The van der Waals surface area contributed by atoms with Crippen LogP contribution in [0.2, 0.25) is 0 Å². The van der Waals surface area contributed by atoms with Crippen LogP contribution in [-0.2, 0) is 19.5 Å². The highest BCUT2D eigenvalue weighted by Gasteiger charge is 2.21. The predicted octanol–water partition coefficient (Wildman–Crippen LogP) is 4.45. The smallest absolute Gasteiger partial charge is 0.124 e. The van der Waals surface area contributed by atoms with Crippen molar-refractivity contribution in [1.29, 1.82) is 0 Å². The molecule has 1 aliphatic rings. The Morgan fingerprint density at radius 2 is 1.81 bits per heavy atom. The zero-order valence-corrected chi connectivity index (χ0v) is 19.3. The van der Waals surface area contributed by atoms with Crippen molar-refractivity contribution in [3.8, 4) is 5.75 Å². The quantitative estimate of drug-likeness (QED) is 0.512. The fourth-order valence-corrected chi connectivity index (χ4v) is 4.82. The van der Waals surface area contributed by atoms with E-state index in [-0.39, 0.29) is 0 Å². The zero-order chi connectivity index (χ0) is 21.6. The number of likely N-dealkylation sites (tertiary alicyclic amines) is 1. The highest BCUT2D eigenvalue weighted by atomic mass is 16.5. The number of nitrogens with zero attached hydrogens (tertiary/aromatic N) is 4. The van der Waals surface area contributed by atoms with Gasteiger partial charge in [-0.15, -0.1) is 0 Å². The largest absolute Gasteiger partial charge is 0.497 e. The molecule has 2 heterocycles. The van der Waals surface area contributed by atoms with Crippen molar-refractivity contribution in [2.24, 2.45) is 5.92 Å². The van der Waals surface area contributed by atoms with E-state index >= 15 is 0 Å². The van der Waals surface area contributed by atoms with Crippen LogP contribution in [0.1, 0.15) is 31.2 Å². The van der Waals surface area contributed by atoms with Gasteiger partial charge >= 0.3 is 0 Å². The average Bonchev–Trinajstić information content (AvgIpc) is 3.15. The molecule has 1 fully saturated rings. The molecule has 0 spiro atoms. The number of aromatic nitrogens is 2. The van der Waals surface area contributed by atoms with E-state index < -0.39 is 0 Å². The molecule has 0 unspecified atom stereocenters. The molecule has 0 bridgehead atoms. The number of para-hydroxylation sites is 2. The van der Waals surface area contributed by atoms with Gasteiger partial charge in [0.05, 0.1) is 24.7 Å². The van der Waals surface area contributed by atoms with Crippen LogP contribution in [0, 0.1) is 5.92 Å². The van der Waals surface area contributed by atoms with Crippen molar-refractivity contribution in [3.63, 3.8) is 0 Å². The summed E-state index contributed by atoms with van der Waals surface area (Å²) in [5, 5.41) is 0. The van der Waals surface area contributed by atoms with E-state index in [1.165, 1.54) is 42.8 Å². The summed E-state index contributed by atoms with van der Waals surface area (Å²) in [5.74, 6) is 2.90. The highest BCUT2D eigenvalue weighted by Crippen LogP contribution is 2.21. The van der Waals surface area contributed by atoms with E-state index in [9.17, 15) is 0 Å². The van der Waals surface area contributed by atoms with E-state index in [0.717, 1.165) is 49.8 Å². The van der Waals surface area contributed by atoms with Crippen LogP contribution in [0.15, 0.2) is 48.5 Å². The monoisotopic (exact) mass is 420 g/mol. The van der Waals surface area contributed by atoms with Gasteiger partial charge in [0.1, 0.15) is 11.6 Å². The van der Waals surface area contributed by atoms with Crippen molar-refractivity contribution in [1.82, 2.24) is 19.4 Å². The van der Waals surface area contributed by atoms with E-state index in [4.69, 9.17) is 9.72 Å². The Kier molecular flexibility index (Phi) is 7.25. The second-order valence-corrected chi connectivity index (χ2v) is 8.84. The molecule has 166 valence electrons. The molecule has 0 atom stereocenters. The summed E-state index contributed by atoms with van der Waals surface area (Å²) in [6, 6.07) is 17.0. The first-order chi connectivity index (χ1) is 15.2. The lowest BCUT2D eigenvalue weighted by atomic mass is 9.96. The Morgan fingerprint density at radius 3 is 2.52 bits per heavy atom. The second kappa shape index (κ2) is 10.3. The number of methoxy groups -OCH3 is 1. The van der Waals surface area contributed by atoms with Crippen molar-refractivity contribution in [2.45, 2.75) is 39.3 Å². The van der Waals surface area contributed by atoms with Crippen LogP contribution < -0.4 is 4.74 Å². The lowest BCUT2D eigenvalue weighted by Gasteiger charge is -2.34. The van der Waals surface area contributed by atoms with Gasteiger partial charge < -0.3 is 14.2 Å². The van der Waals surface area contributed by atoms with Gasteiger partial charge in [0.25, 0.3) is 0 Å². The minimum atomic E-state index is 0.779. The Balaban J connectivity index is 1.23. The Bertz CT molecular complexity index is 957. The van der Waals surface area contributed by atoms with Gasteiger partial charge in [-0.1, -0.05) is 24.3 Å². The number of hydrogen-bond acceptors (Lipinski definition) is 4. The maximum Gasteiger partial charge on any atom is 0.124 e. The van der Waals surface area contributed by atoms with Crippen LogP contribution in [-0.4, -0.2) is 59.7 Å². The van der Waals surface area contributed by atoms with Gasteiger partial charge in [-0.3, -0.25) is 4.90 Å². The van der Waals surface area contributed by atoms with E-state index in [0.29, 0.717) is 0 Å². The maximum absolute atomic E-state index is 5.25. The van der Waals surface area contributed by atoms with Crippen molar-refractivity contribution in [3.05, 3.63) is 59.9 Å². The molecule has 3 aromatic rings. The second-order valence-electron chi connectivity index (χ2n) is 8.84. The molecule has 2 aromatic carbocycles. The number of rotatable bonds is 9. The van der Waals surface area contributed by atoms with Gasteiger partial charge in [-0.25, -0.2) is 4.98 Å². The summed E-state index contributed by atoms with van der Waals surface area (Å²) in [5.41, 5.74) is 3.75. The normalized spacial score (nSPS) is 15.7. The molecular formula is C26H36N4O. The highest BCUT2D eigenvalue weighted by molar-refractivity contribution is 5.75. The van der Waals surface area contributed by atoms with Crippen molar-refractivity contribution in [2.75, 3.05) is 40.3 Å². The summed E-state index contributed by atoms with van der Waals surface area (Å²) >= 11 is 0. The van der Waals surface area contributed by atoms with Gasteiger partial charge in [0.15, 0.2) is 0 Å². The molecule has 0 radical (unpaired) electrons. The molecule has 1 aliphatic heterocycles. The molecule has 4 rings (SSSR count). The summed E-state index contributed by atoms with van der Waals surface area (Å²) in [6.07, 6.45) is 3.69. The number of ether oxygens (including phenoxy) is 1. The molecule has 0 aliphatic carbocycles. The lowest BCUT2D eigenvalue weighted by molar-refractivity contribution is 0.152. The number of hydrogen-bond donors (Lipinski definition) is 0. The third kappa shape index (κ3) is 5.46. The predicted molar refractivity (Wildman–Crippen MR) is 128 cm³/mol. The van der Waals surface area contributed by atoms with Gasteiger partial charge in [0, 0.05) is 19.6 Å². The fourth-order valence-electron chi connectivity index (χ4n) is 4.82. The molecule has 5 nitrogen and oxygen atoms in total. The topological polar surface area (TPSA) is 33.5 Å². The first-order valence-corrected chi connectivity index (χ1v) is 11.6. The van der Waals surface area contributed by atoms with Crippen molar-refractivity contribution < 1.29 is 4.74 Å². The van der Waals surface area contributed by atoms with Crippen LogP contribution in [0.5, 0.6) is 5.75 Å². The third-order valence-electron chi connectivity index (χ3n) is 6.61. The summed E-state index contributed by atoms with van der Waals surface area (Å²) in [4.78, 5) is 9.98. The molecule has 0 amide bonds. The number of piperidine rings is 1. The van der Waals surface area contributed by atoms with E-state index in [2.05, 4.69) is 76.9 Å². The Morgan fingerprint density at radius 1 is 1.06 bits per heavy atom. The average molecular weight is 421 g/mol. The third-order valence-corrected chi connectivity index (χ3v) is 6.61. The van der Waals surface area contributed by atoms with Gasteiger partial charge in [0.2, 0.25) is 0 Å². The SMILES string of the molecule is CCn1c(CN(C)CC2CCN(CCc3ccc(OC)cc3)CC2)nc2ccccc21. The van der Waals surface area contributed by atoms with Crippen molar-refractivity contribution >= 4 is 11.0 Å². The number of benzene rings is 2. The molecule has 0 saturated carbocycles. The molecule has 1 aromatic heterocycles. The van der Waals surface area contributed by atoms with E-state index in [1.807, 2.05) is 0 Å². The van der Waals surface area contributed by atoms with Crippen LogP contribution in [0.3, 0.4) is 0 Å². The van der Waals surface area contributed by atoms with Gasteiger partial charge in [-0.2, -0.15) is 0 Å². The molecular weight excluding hydrogens is 384 g/mol. The van der Waals surface area contributed by atoms with Crippen LogP contribution >= 0.6 is 0 Å². The van der Waals surface area contributed by atoms with Gasteiger partial charge in [-0.05, 0) is 82.1 Å². The number of aryl methyl sites for hydroxylation is 1. The standard InChI is InChI=1S/C26H36N4O/c1-4-30-25-8-6-5-7-24(25)27-26(30)20-28(2)19-22-14-17-29(18-15-22)16-13-21-9-11-23(31-3)12-10-21/h5-12,22H,4,13-20H2,1-3H3. The molecule has 5 heteroatoms. The zero-order valence-electron chi connectivity index (χ0n) is 19.3. The fraction of sp³-hybridized carbons (Fsp3) is 0.500.